The van der Waals surface area contributed by atoms with E-state index in [1.54, 1.807) is 6.08 Å². The van der Waals surface area contributed by atoms with Crippen molar-refractivity contribution >= 4 is 11.9 Å². The number of aliphatic hydroxyl groups is 2. The molecule has 0 aliphatic heterocycles. The highest BCUT2D eigenvalue weighted by atomic mass is 16.5. The van der Waals surface area contributed by atoms with Crippen molar-refractivity contribution in [3.63, 3.8) is 0 Å². The highest BCUT2D eigenvalue weighted by Crippen LogP contribution is 2.19. The first kappa shape index (κ1) is 76.3. The van der Waals surface area contributed by atoms with Gasteiger partial charge in [-0.05, 0) is 57.8 Å². The zero-order valence-electron chi connectivity index (χ0n) is 52.9. The predicted molar refractivity (Wildman–Crippen MR) is 343 cm³/mol. The van der Waals surface area contributed by atoms with Gasteiger partial charge in [-0.25, -0.2) is 0 Å². The SMILES string of the molecule is CCCCCCCCC/C=C\CCCCCCCCCC(=O)OCCCCCCCCCCCCCCCCCCCCCCCCCCCCCCCCCC(=O)NC(CO)C(O)/C=C/CCCCCCCCCCCC. The van der Waals surface area contributed by atoms with Crippen LogP contribution in [-0.2, 0) is 14.3 Å². The van der Waals surface area contributed by atoms with E-state index in [4.69, 9.17) is 4.74 Å². The first-order chi connectivity index (χ1) is 38.5. The summed E-state index contributed by atoms with van der Waals surface area (Å²) in [4.78, 5) is 24.6. The number of amides is 1. The molecule has 0 radical (unpaired) electrons. The molecule has 0 saturated heterocycles. The summed E-state index contributed by atoms with van der Waals surface area (Å²) >= 11 is 0. The number of rotatable bonds is 67. The predicted octanol–water partition coefficient (Wildman–Crippen LogP) is 22.9. The van der Waals surface area contributed by atoms with Crippen molar-refractivity contribution in [2.45, 2.75) is 411 Å². The van der Waals surface area contributed by atoms with Crippen LogP contribution in [0.4, 0.5) is 0 Å². The maximum atomic E-state index is 12.5. The van der Waals surface area contributed by atoms with E-state index in [1.165, 1.54) is 327 Å². The topological polar surface area (TPSA) is 95.9 Å². The summed E-state index contributed by atoms with van der Waals surface area (Å²) in [5, 5.41) is 23.1. The van der Waals surface area contributed by atoms with Crippen LogP contribution in [0, 0.1) is 0 Å². The first-order valence-corrected chi connectivity index (χ1v) is 35.6. The fourth-order valence-electron chi connectivity index (χ4n) is 11.3. The summed E-state index contributed by atoms with van der Waals surface area (Å²) in [5.74, 6) is -0.0446. The highest BCUT2D eigenvalue weighted by molar-refractivity contribution is 5.76. The van der Waals surface area contributed by atoms with Crippen molar-refractivity contribution in [3.8, 4) is 0 Å². The summed E-state index contributed by atoms with van der Waals surface area (Å²) in [5.41, 5.74) is 0. The number of esters is 1. The second-order valence-corrected chi connectivity index (χ2v) is 24.6. The van der Waals surface area contributed by atoms with E-state index in [0.717, 1.165) is 44.9 Å². The summed E-state index contributed by atoms with van der Waals surface area (Å²) in [6.07, 6.45) is 85.6. The molecule has 2 atom stereocenters. The summed E-state index contributed by atoms with van der Waals surface area (Å²) < 4.78 is 5.51. The number of nitrogens with one attached hydrogen (secondary N) is 1. The molecule has 1 amide bonds. The summed E-state index contributed by atoms with van der Waals surface area (Å²) in [7, 11) is 0. The van der Waals surface area contributed by atoms with E-state index in [9.17, 15) is 19.8 Å². The summed E-state index contributed by atoms with van der Waals surface area (Å²) in [6.45, 7) is 4.92. The van der Waals surface area contributed by atoms with E-state index >= 15 is 0 Å². The fraction of sp³-hybridized carbons (Fsp3) is 0.917. The van der Waals surface area contributed by atoms with Gasteiger partial charge in [0.05, 0.1) is 25.4 Å². The molecule has 78 heavy (non-hydrogen) atoms. The number of ether oxygens (including phenoxy) is 1. The lowest BCUT2D eigenvalue weighted by molar-refractivity contribution is -0.143. The zero-order chi connectivity index (χ0) is 56.4. The third-order valence-electron chi connectivity index (χ3n) is 16.7. The van der Waals surface area contributed by atoms with Crippen molar-refractivity contribution in [1.82, 2.24) is 5.32 Å². The van der Waals surface area contributed by atoms with Crippen molar-refractivity contribution in [1.29, 1.82) is 0 Å². The molecule has 0 aromatic carbocycles. The Morgan fingerprint density at radius 1 is 0.346 bits per heavy atom. The Morgan fingerprint density at radius 2 is 0.603 bits per heavy atom. The van der Waals surface area contributed by atoms with Crippen molar-refractivity contribution < 1.29 is 24.5 Å². The van der Waals surface area contributed by atoms with Gasteiger partial charge in [0.15, 0.2) is 0 Å². The monoisotopic (exact) mass is 1100 g/mol. The van der Waals surface area contributed by atoms with Crippen LogP contribution in [0.2, 0.25) is 0 Å². The minimum atomic E-state index is -0.840. The van der Waals surface area contributed by atoms with Crippen LogP contribution in [0.15, 0.2) is 24.3 Å². The number of allylic oxidation sites excluding steroid dienone is 3. The third-order valence-corrected chi connectivity index (χ3v) is 16.7. The van der Waals surface area contributed by atoms with Crippen LogP contribution < -0.4 is 5.32 Å². The van der Waals surface area contributed by atoms with Gasteiger partial charge in [-0.1, -0.05) is 353 Å². The molecule has 0 rings (SSSR count). The van der Waals surface area contributed by atoms with Gasteiger partial charge in [0.2, 0.25) is 5.91 Å². The molecule has 0 aromatic rings. The van der Waals surface area contributed by atoms with E-state index in [-0.39, 0.29) is 18.5 Å². The normalized spacial score (nSPS) is 12.6. The van der Waals surface area contributed by atoms with Crippen LogP contribution in [-0.4, -0.2) is 47.4 Å². The summed E-state index contributed by atoms with van der Waals surface area (Å²) in [6, 6.07) is -0.623. The smallest absolute Gasteiger partial charge is 0.305 e. The maximum Gasteiger partial charge on any atom is 0.305 e. The van der Waals surface area contributed by atoms with Gasteiger partial charge in [-0.2, -0.15) is 0 Å². The number of unbranched alkanes of at least 4 members (excludes halogenated alkanes) is 54. The van der Waals surface area contributed by atoms with Crippen molar-refractivity contribution in [2.24, 2.45) is 0 Å². The van der Waals surface area contributed by atoms with E-state index in [0.29, 0.717) is 19.4 Å². The molecule has 0 heterocycles. The van der Waals surface area contributed by atoms with Gasteiger partial charge in [-0.3, -0.25) is 9.59 Å². The molecule has 0 saturated carbocycles. The van der Waals surface area contributed by atoms with Gasteiger partial charge in [0, 0.05) is 12.8 Å². The van der Waals surface area contributed by atoms with Crippen LogP contribution in [0.3, 0.4) is 0 Å². The third kappa shape index (κ3) is 63.5. The van der Waals surface area contributed by atoms with E-state index < -0.39 is 12.1 Å². The molecule has 0 spiro atoms. The average molecular weight is 1100 g/mol. The Balaban J connectivity index is 3.31. The first-order valence-electron chi connectivity index (χ1n) is 35.6. The number of hydrogen-bond donors (Lipinski definition) is 3. The van der Waals surface area contributed by atoms with E-state index in [2.05, 4.69) is 31.3 Å². The van der Waals surface area contributed by atoms with Crippen LogP contribution >= 0.6 is 0 Å². The van der Waals surface area contributed by atoms with Crippen LogP contribution in [0.5, 0.6) is 0 Å². The number of carbonyl (C=O) groups is 2. The van der Waals surface area contributed by atoms with E-state index in [1.807, 2.05) is 6.08 Å². The highest BCUT2D eigenvalue weighted by Gasteiger charge is 2.18. The molecule has 2 unspecified atom stereocenters. The average Bonchev–Trinajstić information content (AvgIpc) is 3.44. The fourth-order valence-corrected chi connectivity index (χ4v) is 11.3. The second-order valence-electron chi connectivity index (χ2n) is 24.6. The van der Waals surface area contributed by atoms with Crippen molar-refractivity contribution in [3.05, 3.63) is 24.3 Å². The molecular weight excluding hydrogens is 959 g/mol. The standard InChI is InChI=1S/C72H139NO5/c1-3-5-7-9-11-13-15-17-18-19-36-39-42-46-50-54-58-62-66-72(77)78-67-63-59-55-51-47-43-40-37-34-32-30-28-26-24-22-20-21-23-25-27-29-31-33-35-38-41-45-49-53-57-61-65-71(76)73-69(68-74)70(75)64-60-56-52-48-44-16-14-12-10-8-6-4-2/h18-19,60,64,69-70,74-75H,3-17,20-59,61-63,65-68H2,1-2H3,(H,73,76)/b19-18-,64-60+. The number of hydrogen-bond acceptors (Lipinski definition) is 5. The number of carbonyl (C=O) groups excluding carboxylic acids is 2. The Morgan fingerprint density at radius 3 is 0.910 bits per heavy atom. The van der Waals surface area contributed by atoms with Gasteiger partial charge in [0.25, 0.3) is 0 Å². The van der Waals surface area contributed by atoms with Gasteiger partial charge >= 0.3 is 5.97 Å². The molecule has 6 nitrogen and oxygen atoms in total. The largest absolute Gasteiger partial charge is 0.466 e. The second kappa shape index (κ2) is 67.8. The molecule has 0 bridgehead atoms. The molecular formula is C72H139NO5. The maximum absolute atomic E-state index is 12.5. The zero-order valence-corrected chi connectivity index (χ0v) is 52.9. The molecule has 0 aliphatic carbocycles. The van der Waals surface area contributed by atoms with Gasteiger partial charge < -0.3 is 20.3 Å². The Hall–Kier alpha value is -1.66. The lowest BCUT2D eigenvalue weighted by Gasteiger charge is -2.20. The van der Waals surface area contributed by atoms with Gasteiger partial charge in [-0.15, -0.1) is 0 Å². The van der Waals surface area contributed by atoms with Gasteiger partial charge in [0.1, 0.15) is 0 Å². The lowest BCUT2D eigenvalue weighted by atomic mass is 10.0. The minimum Gasteiger partial charge on any atom is -0.466 e. The molecule has 3 N–H and O–H groups in total. The molecule has 0 aliphatic rings. The Bertz CT molecular complexity index is 1220. The quantitative estimate of drug-likeness (QED) is 0.0320. The molecule has 462 valence electrons. The Kier molecular flexibility index (Phi) is 66.4. The number of aliphatic hydroxyl groups excluding tert-OH is 2. The Labute approximate surface area is 488 Å². The molecule has 6 heteroatoms. The molecule has 0 fully saturated rings. The lowest BCUT2D eigenvalue weighted by Crippen LogP contribution is -2.45. The van der Waals surface area contributed by atoms with Crippen LogP contribution in [0.1, 0.15) is 399 Å². The van der Waals surface area contributed by atoms with Crippen LogP contribution in [0.25, 0.3) is 0 Å². The minimum absolute atomic E-state index is 0.0181. The molecule has 0 aromatic heterocycles. The van der Waals surface area contributed by atoms with Crippen molar-refractivity contribution in [2.75, 3.05) is 13.2 Å².